The fourth-order valence-electron chi connectivity index (χ4n) is 2.67. The van der Waals surface area contributed by atoms with Crippen molar-refractivity contribution in [2.45, 2.75) is 25.9 Å². The Balaban J connectivity index is 2.35. The second-order valence-corrected chi connectivity index (χ2v) is 5.53. The quantitative estimate of drug-likeness (QED) is 0.675. The summed E-state index contributed by atoms with van der Waals surface area (Å²) in [6.45, 7) is 5.73. The molecule has 7 nitrogen and oxygen atoms in total. The largest absolute Gasteiger partial charge is 0.477 e. The number of anilines is 1. The summed E-state index contributed by atoms with van der Waals surface area (Å²) in [6.07, 6.45) is 0. The molecule has 1 aliphatic rings. The van der Waals surface area contributed by atoms with Gasteiger partial charge in [0, 0.05) is 36.9 Å². The highest BCUT2D eigenvalue weighted by molar-refractivity contribution is 5.93. The van der Waals surface area contributed by atoms with Gasteiger partial charge in [-0.1, -0.05) is 0 Å². The fraction of sp³-hybridized carbons (Fsp3) is 0.500. The number of carboxylic acids is 1. The van der Waals surface area contributed by atoms with Crippen LogP contribution in [0.2, 0.25) is 0 Å². The maximum atomic E-state index is 11.2. The number of nitrogens with zero attached hydrogens (tertiary/aromatic N) is 3. The molecule has 7 heteroatoms. The highest BCUT2D eigenvalue weighted by Gasteiger charge is 2.28. The van der Waals surface area contributed by atoms with Crippen molar-refractivity contribution in [1.82, 2.24) is 4.90 Å². The first kappa shape index (κ1) is 15.2. The van der Waals surface area contributed by atoms with Gasteiger partial charge >= 0.3 is 5.97 Å². The van der Waals surface area contributed by atoms with Gasteiger partial charge in [-0.25, -0.2) is 4.79 Å². The lowest BCUT2D eigenvalue weighted by molar-refractivity contribution is -0.385. The highest BCUT2D eigenvalue weighted by atomic mass is 16.6. The number of piperazine rings is 1. The number of nitro benzene ring substituents is 1. The molecule has 0 radical (unpaired) electrons. The van der Waals surface area contributed by atoms with Crippen LogP contribution in [-0.2, 0) is 0 Å². The molecule has 0 saturated carbocycles. The van der Waals surface area contributed by atoms with Crippen LogP contribution in [-0.4, -0.2) is 53.1 Å². The van der Waals surface area contributed by atoms with Gasteiger partial charge in [0.05, 0.1) is 4.92 Å². The lowest BCUT2D eigenvalue weighted by Gasteiger charge is -2.43. The first-order chi connectivity index (χ1) is 9.81. The lowest BCUT2D eigenvalue weighted by atomic mass is 10.1. The molecular formula is C14H19N3O4. The molecule has 1 aromatic rings. The van der Waals surface area contributed by atoms with Gasteiger partial charge in [-0.15, -0.1) is 0 Å². The Kier molecular flexibility index (Phi) is 4.13. The minimum atomic E-state index is -1.28. The van der Waals surface area contributed by atoms with Crippen LogP contribution in [0.3, 0.4) is 0 Å². The van der Waals surface area contributed by atoms with Crippen LogP contribution in [0.5, 0.6) is 0 Å². The van der Waals surface area contributed by atoms with Crippen LogP contribution in [0, 0.1) is 10.1 Å². The van der Waals surface area contributed by atoms with Crippen molar-refractivity contribution < 1.29 is 14.8 Å². The molecule has 1 aliphatic heterocycles. The molecule has 0 bridgehead atoms. The Labute approximate surface area is 122 Å². The fourth-order valence-corrected chi connectivity index (χ4v) is 2.67. The van der Waals surface area contributed by atoms with E-state index in [2.05, 4.69) is 30.7 Å². The number of benzene rings is 1. The Morgan fingerprint density at radius 3 is 2.38 bits per heavy atom. The van der Waals surface area contributed by atoms with Crippen molar-refractivity contribution in [2.75, 3.05) is 25.0 Å². The molecule has 0 aromatic heterocycles. The first-order valence-corrected chi connectivity index (χ1v) is 6.80. The van der Waals surface area contributed by atoms with Gasteiger partial charge < -0.3 is 10.0 Å². The molecule has 1 saturated heterocycles. The SMILES string of the molecule is CC1CN(c2ccc([N+](=O)[O-])c(C(=O)O)c2)CC(C)N1C. The van der Waals surface area contributed by atoms with Crippen molar-refractivity contribution in [3.05, 3.63) is 33.9 Å². The molecule has 2 unspecified atom stereocenters. The van der Waals surface area contributed by atoms with E-state index >= 15 is 0 Å². The lowest BCUT2D eigenvalue weighted by Crippen LogP contribution is -2.55. The smallest absolute Gasteiger partial charge is 0.342 e. The van der Waals surface area contributed by atoms with E-state index in [1.807, 2.05) is 0 Å². The zero-order chi connectivity index (χ0) is 15.7. The van der Waals surface area contributed by atoms with Crippen molar-refractivity contribution in [1.29, 1.82) is 0 Å². The molecule has 1 heterocycles. The Morgan fingerprint density at radius 1 is 1.33 bits per heavy atom. The van der Waals surface area contributed by atoms with Crippen LogP contribution >= 0.6 is 0 Å². The summed E-state index contributed by atoms with van der Waals surface area (Å²) in [6, 6.07) is 4.95. The zero-order valence-electron chi connectivity index (χ0n) is 12.3. The van der Waals surface area contributed by atoms with Gasteiger partial charge in [0.1, 0.15) is 5.56 Å². The molecule has 114 valence electrons. The monoisotopic (exact) mass is 293 g/mol. The third-order valence-electron chi connectivity index (χ3n) is 4.13. The molecule has 2 atom stereocenters. The molecule has 0 spiro atoms. The molecule has 2 rings (SSSR count). The van der Waals surface area contributed by atoms with E-state index in [1.54, 1.807) is 6.07 Å². The van der Waals surface area contributed by atoms with Crippen LogP contribution in [0.25, 0.3) is 0 Å². The van der Waals surface area contributed by atoms with E-state index in [4.69, 9.17) is 5.11 Å². The molecule has 1 fully saturated rings. The number of rotatable bonds is 3. The number of carboxylic acid groups (broad SMARTS) is 1. The van der Waals surface area contributed by atoms with E-state index in [0.717, 1.165) is 13.1 Å². The third-order valence-corrected chi connectivity index (χ3v) is 4.13. The Morgan fingerprint density at radius 2 is 1.90 bits per heavy atom. The third kappa shape index (κ3) is 2.97. The summed E-state index contributed by atoms with van der Waals surface area (Å²) >= 11 is 0. The van der Waals surface area contributed by atoms with Gasteiger partial charge in [0.25, 0.3) is 5.69 Å². The molecule has 1 aromatic carbocycles. The zero-order valence-corrected chi connectivity index (χ0v) is 12.3. The van der Waals surface area contributed by atoms with Gasteiger partial charge in [-0.3, -0.25) is 15.0 Å². The Hall–Kier alpha value is -2.15. The maximum absolute atomic E-state index is 11.2. The van der Waals surface area contributed by atoms with Gasteiger partial charge in [0.15, 0.2) is 0 Å². The van der Waals surface area contributed by atoms with Gasteiger partial charge in [0.2, 0.25) is 0 Å². The van der Waals surface area contributed by atoms with E-state index in [-0.39, 0.29) is 11.3 Å². The van der Waals surface area contributed by atoms with Gasteiger partial charge in [-0.2, -0.15) is 0 Å². The number of likely N-dealkylation sites (N-methyl/N-ethyl adjacent to an activating group) is 1. The summed E-state index contributed by atoms with van der Waals surface area (Å²) in [5.41, 5.74) is 0.0722. The van der Waals surface area contributed by atoms with Gasteiger partial charge in [-0.05, 0) is 33.0 Å². The number of aromatic carboxylic acids is 1. The van der Waals surface area contributed by atoms with Crippen LogP contribution in [0.4, 0.5) is 11.4 Å². The molecule has 0 aliphatic carbocycles. The normalized spacial score (nSPS) is 23.1. The van der Waals surface area contributed by atoms with E-state index < -0.39 is 10.9 Å². The average Bonchev–Trinajstić information content (AvgIpc) is 2.43. The van der Waals surface area contributed by atoms with Crippen molar-refractivity contribution >= 4 is 17.3 Å². The minimum Gasteiger partial charge on any atom is -0.477 e. The number of carbonyl (C=O) groups is 1. The molecule has 21 heavy (non-hydrogen) atoms. The molecule has 1 N–H and O–H groups in total. The summed E-state index contributed by atoms with van der Waals surface area (Å²) in [4.78, 5) is 25.8. The number of hydrogen-bond donors (Lipinski definition) is 1. The molecule has 0 amide bonds. The van der Waals surface area contributed by atoms with E-state index in [9.17, 15) is 14.9 Å². The number of nitro groups is 1. The topological polar surface area (TPSA) is 86.9 Å². The van der Waals surface area contributed by atoms with Crippen molar-refractivity contribution in [2.24, 2.45) is 0 Å². The maximum Gasteiger partial charge on any atom is 0.342 e. The molecular weight excluding hydrogens is 274 g/mol. The van der Waals surface area contributed by atoms with Crippen molar-refractivity contribution in [3.63, 3.8) is 0 Å². The standard InChI is InChI=1S/C14H19N3O4/c1-9-7-16(8-10(2)15(9)3)11-4-5-13(17(20)21)12(6-11)14(18)19/h4-6,9-10H,7-8H2,1-3H3,(H,18,19). The summed E-state index contributed by atoms with van der Waals surface area (Å²) in [5.74, 6) is -1.28. The predicted molar refractivity (Wildman–Crippen MR) is 79.0 cm³/mol. The highest BCUT2D eigenvalue weighted by Crippen LogP contribution is 2.27. The first-order valence-electron chi connectivity index (χ1n) is 6.80. The van der Waals surface area contributed by atoms with Crippen LogP contribution in [0.15, 0.2) is 18.2 Å². The van der Waals surface area contributed by atoms with E-state index in [0.29, 0.717) is 17.8 Å². The van der Waals surface area contributed by atoms with E-state index in [1.165, 1.54) is 12.1 Å². The second-order valence-electron chi connectivity index (χ2n) is 5.53. The Bertz CT molecular complexity index is 563. The van der Waals surface area contributed by atoms with Crippen LogP contribution in [0.1, 0.15) is 24.2 Å². The summed E-state index contributed by atoms with van der Waals surface area (Å²) in [5, 5.41) is 20.0. The second kappa shape index (κ2) is 5.69. The van der Waals surface area contributed by atoms with Crippen molar-refractivity contribution in [3.8, 4) is 0 Å². The predicted octanol–water partition coefficient (Wildman–Crippen LogP) is 1.82. The minimum absolute atomic E-state index is 0.267. The number of hydrogen-bond acceptors (Lipinski definition) is 5. The summed E-state index contributed by atoms with van der Waals surface area (Å²) < 4.78 is 0. The summed E-state index contributed by atoms with van der Waals surface area (Å²) in [7, 11) is 2.06. The van der Waals surface area contributed by atoms with Crippen LogP contribution < -0.4 is 4.90 Å². The average molecular weight is 293 g/mol.